The molecular weight excluding hydrogens is 370 g/mol. The van der Waals surface area contributed by atoms with Crippen LogP contribution in [0, 0.1) is 0 Å². The van der Waals surface area contributed by atoms with E-state index < -0.39 is 12.4 Å². The fourth-order valence-electron chi connectivity index (χ4n) is 1.76. The Hall–Kier alpha value is -2.19. The quantitative estimate of drug-likeness (QED) is 0.762. The van der Waals surface area contributed by atoms with E-state index in [1.54, 1.807) is 0 Å². The van der Waals surface area contributed by atoms with E-state index in [0.717, 1.165) is 6.07 Å². The number of hydrogen-bond acceptors (Lipinski definition) is 3. The number of hydrogen-bond donors (Lipinski definition) is 2. The molecule has 1 aromatic heterocycles. The maximum atomic E-state index is 12.3. The van der Waals surface area contributed by atoms with Crippen molar-refractivity contribution >= 4 is 34.9 Å². The van der Waals surface area contributed by atoms with Gasteiger partial charge in [0.2, 0.25) is 0 Å². The first kappa shape index (κ1) is 18.2. The zero-order valence-corrected chi connectivity index (χ0v) is 13.3. The number of benzene rings is 1. The molecule has 0 aliphatic carbocycles. The van der Waals surface area contributed by atoms with Crippen molar-refractivity contribution in [3.63, 3.8) is 0 Å². The van der Waals surface area contributed by atoms with Crippen LogP contribution in [0.2, 0.25) is 10.3 Å². The van der Waals surface area contributed by atoms with Gasteiger partial charge in [0, 0.05) is 17.8 Å². The van der Waals surface area contributed by atoms with Gasteiger partial charge >= 0.3 is 12.4 Å². The number of rotatable bonds is 4. The number of ether oxygens (including phenoxy) is 1. The number of amides is 2. The fraction of sp³-hybridized carbons (Fsp3) is 0.143. The van der Waals surface area contributed by atoms with E-state index in [9.17, 15) is 18.0 Å². The predicted molar refractivity (Wildman–Crippen MR) is 83.2 cm³/mol. The van der Waals surface area contributed by atoms with Gasteiger partial charge in [-0.1, -0.05) is 41.4 Å². The van der Waals surface area contributed by atoms with E-state index in [4.69, 9.17) is 23.2 Å². The Bertz CT molecular complexity index is 721. The fourth-order valence-corrected chi connectivity index (χ4v) is 2.22. The molecule has 0 radical (unpaired) electrons. The first-order valence-corrected chi connectivity index (χ1v) is 7.20. The summed E-state index contributed by atoms with van der Waals surface area (Å²) < 4.78 is 40.9. The number of alkyl halides is 3. The van der Waals surface area contributed by atoms with Gasteiger partial charge in [0.05, 0.1) is 0 Å². The third kappa shape index (κ3) is 5.78. The van der Waals surface area contributed by atoms with Gasteiger partial charge in [-0.25, -0.2) is 9.78 Å². The van der Waals surface area contributed by atoms with Crippen molar-refractivity contribution in [1.82, 2.24) is 10.3 Å². The van der Waals surface area contributed by atoms with Crippen LogP contribution in [-0.4, -0.2) is 17.4 Å². The van der Waals surface area contributed by atoms with Gasteiger partial charge in [-0.15, -0.1) is 13.2 Å². The van der Waals surface area contributed by atoms with Crippen LogP contribution in [0.25, 0.3) is 0 Å². The summed E-state index contributed by atoms with van der Waals surface area (Å²) in [5.41, 5.74) is 0.452. The molecule has 0 aliphatic heterocycles. The van der Waals surface area contributed by atoms with Gasteiger partial charge in [0.1, 0.15) is 16.1 Å². The number of halogens is 5. The molecule has 1 heterocycles. The summed E-state index contributed by atoms with van der Waals surface area (Å²) in [4.78, 5) is 15.5. The van der Waals surface area contributed by atoms with Crippen LogP contribution < -0.4 is 15.4 Å². The van der Waals surface area contributed by atoms with Crippen molar-refractivity contribution in [2.45, 2.75) is 12.9 Å². The van der Waals surface area contributed by atoms with E-state index in [-0.39, 0.29) is 33.9 Å². The summed E-state index contributed by atoms with van der Waals surface area (Å²) in [6, 6.07) is 7.56. The minimum Gasteiger partial charge on any atom is -0.405 e. The molecule has 5 nitrogen and oxygen atoms in total. The number of anilines is 1. The van der Waals surface area contributed by atoms with Crippen molar-refractivity contribution in [2.24, 2.45) is 0 Å². The van der Waals surface area contributed by atoms with Crippen molar-refractivity contribution < 1.29 is 22.7 Å². The molecule has 0 saturated heterocycles. The Balaban J connectivity index is 1.99. The molecule has 0 aliphatic rings. The third-order valence-electron chi connectivity index (χ3n) is 2.66. The van der Waals surface area contributed by atoms with Gasteiger partial charge in [0.15, 0.2) is 0 Å². The summed E-state index contributed by atoms with van der Waals surface area (Å²) in [5.74, 6) is -0.389. The number of carbonyl (C=O) groups is 1. The van der Waals surface area contributed by atoms with E-state index in [2.05, 4.69) is 20.4 Å². The van der Waals surface area contributed by atoms with Crippen molar-refractivity contribution in [3.05, 3.63) is 52.3 Å². The SMILES string of the molecule is O=C(NCc1ccccc1OC(F)(F)F)Nc1cc(Cl)nc(Cl)c1. The summed E-state index contributed by atoms with van der Waals surface area (Å²) in [7, 11) is 0. The van der Waals surface area contributed by atoms with Crippen LogP contribution in [0.3, 0.4) is 0 Å². The zero-order valence-electron chi connectivity index (χ0n) is 11.8. The second-order valence-electron chi connectivity index (χ2n) is 4.46. The van der Waals surface area contributed by atoms with Gasteiger partial charge in [-0.3, -0.25) is 0 Å². The highest BCUT2D eigenvalue weighted by molar-refractivity contribution is 6.32. The maximum absolute atomic E-state index is 12.3. The summed E-state index contributed by atoms with van der Waals surface area (Å²) in [6.07, 6.45) is -4.82. The number of nitrogens with zero attached hydrogens (tertiary/aromatic N) is 1. The van der Waals surface area contributed by atoms with Gasteiger partial charge in [-0.2, -0.15) is 0 Å². The van der Waals surface area contributed by atoms with Crippen LogP contribution in [-0.2, 0) is 6.54 Å². The van der Waals surface area contributed by atoms with E-state index >= 15 is 0 Å². The van der Waals surface area contributed by atoms with Crippen LogP contribution in [0.4, 0.5) is 23.7 Å². The maximum Gasteiger partial charge on any atom is 0.573 e. The Morgan fingerprint density at radius 1 is 1.17 bits per heavy atom. The molecular formula is C14H10Cl2F3N3O2. The summed E-state index contributed by atoms with van der Waals surface area (Å²) in [6.45, 7) is -0.176. The van der Waals surface area contributed by atoms with E-state index in [1.807, 2.05) is 0 Å². The van der Waals surface area contributed by atoms with E-state index in [1.165, 1.54) is 30.3 Å². The van der Waals surface area contributed by atoms with Crippen LogP contribution in [0.15, 0.2) is 36.4 Å². The monoisotopic (exact) mass is 379 g/mol. The smallest absolute Gasteiger partial charge is 0.405 e. The average Bonchev–Trinajstić information content (AvgIpc) is 2.43. The van der Waals surface area contributed by atoms with Crippen LogP contribution in [0.1, 0.15) is 5.56 Å². The predicted octanol–water partition coefficient (Wildman–Crippen LogP) is 4.61. The first-order valence-electron chi connectivity index (χ1n) is 6.44. The number of nitrogens with one attached hydrogen (secondary N) is 2. The van der Waals surface area contributed by atoms with Crippen molar-refractivity contribution in [1.29, 1.82) is 0 Å². The lowest BCUT2D eigenvalue weighted by Gasteiger charge is -2.14. The molecule has 128 valence electrons. The first-order chi connectivity index (χ1) is 11.2. The standard InChI is InChI=1S/C14H10Cl2F3N3O2/c15-11-5-9(6-12(16)22-11)21-13(23)20-7-8-3-1-2-4-10(8)24-14(17,18)19/h1-6H,7H2,(H2,20,21,22,23). The second kappa shape index (κ2) is 7.59. The molecule has 10 heteroatoms. The topological polar surface area (TPSA) is 63.2 Å². The molecule has 0 saturated carbocycles. The highest BCUT2D eigenvalue weighted by Gasteiger charge is 2.31. The molecule has 0 spiro atoms. The lowest BCUT2D eigenvalue weighted by molar-refractivity contribution is -0.274. The number of carbonyl (C=O) groups excluding carboxylic acids is 1. The van der Waals surface area contributed by atoms with Crippen molar-refractivity contribution in [2.75, 3.05) is 5.32 Å². The highest BCUT2D eigenvalue weighted by atomic mass is 35.5. The second-order valence-corrected chi connectivity index (χ2v) is 5.24. The molecule has 2 rings (SSSR count). The molecule has 24 heavy (non-hydrogen) atoms. The molecule has 2 N–H and O–H groups in total. The van der Waals surface area contributed by atoms with Crippen LogP contribution in [0.5, 0.6) is 5.75 Å². The Labute approximate surface area is 144 Å². The lowest BCUT2D eigenvalue weighted by Crippen LogP contribution is -2.28. The summed E-state index contributed by atoms with van der Waals surface area (Å²) in [5, 5.41) is 5.02. The molecule has 2 amide bonds. The van der Waals surface area contributed by atoms with Crippen molar-refractivity contribution in [3.8, 4) is 5.75 Å². The Morgan fingerprint density at radius 2 is 1.79 bits per heavy atom. The number of urea groups is 1. The largest absolute Gasteiger partial charge is 0.573 e. The minimum absolute atomic E-state index is 0.0849. The minimum atomic E-state index is -4.82. The normalized spacial score (nSPS) is 11.0. The number of para-hydroxylation sites is 1. The Kier molecular flexibility index (Phi) is 5.74. The average molecular weight is 380 g/mol. The van der Waals surface area contributed by atoms with Gasteiger partial charge in [-0.05, 0) is 18.2 Å². The molecule has 1 aromatic carbocycles. The zero-order chi connectivity index (χ0) is 17.7. The van der Waals surface area contributed by atoms with Gasteiger partial charge in [0.25, 0.3) is 0 Å². The van der Waals surface area contributed by atoms with Crippen LogP contribution >= 0.6 is 23.2 Å². The molecule has 0 fully saturated rings. The lowest BCUT2D eigenvalue weighted by atomic mass is 10.2. The molecule has 2 aromatic rings. The van der Waals surface area contributed by atoms with E-state index in [0.29, 0.717) is 0 Å². The molecule has 0 bridgehead atoms. The number of pyridine rings is 1. The summed E-state index contributed by atoms with van der Waals surface area (Å²) >= 11 is 11.4. The third-order valence-corrected chi connectivity index (χ3v) is 3.05. The molecule has 0 unspecified atom stereocenters. The number of aromatic nitrogens is 1. The Morgan fingerprint density at radius 3 is 2.42 bits per heavy atom. The molecule has 0 atom stereocenters. The highest BCUT2D eigenvalue weighted by Crippen LogP contribution is 2.26. The van der Waals surface area contributed by atoms with Gasteiger partial charge < -0.3 is 15.4 Å².